The van der Waals surface area contributed by atoms with Gasteiger partial charge in [0.05, 0.1) is 17.7 Å². The van der Waals surface area contributed by atoms with Crippen molar-refractivity contribution in [1.29, 1.82) is 0 Å². The molecule has 38 heavy (non-hydrogen) atoms. The van der Waals surface area contributed by atoms with Crippen LogP contribution in [0.2, 0.25) is 0 Å². The molecule has 0 saturated carbocycles. The van der Waals surface area contributed by atoms with Crippen molar-refractivity contribution in [2.45, 2.75) is 52.4 Å². The number of aromatic carboxylic acids is 1. The maximum atomic E-state index is 13.1. The van der Waals surface area contributed by atoms with E-state index >= 15 is 0 Å². The van der Waals surface area contributed by atoms with E-state index in [1.165, 1.54) is 31.0 Å². The van der Waals surface area contributed by atoms with Crippen LogP contribution in [-0.2, 0) is 22.6 Å². The number of carbonyl (C=O) groups excluding carboxylic acids is 1. The number of esters is 1. The molecule has 0 bridgehead atoms. The second-order valence-electron chi connectivity index (χ2n) is 9.48. The first-order valence-electron chi connectivity index (χ1n) is 11.5. The Bertz CT molecular complexity index is 1340. The monoisotopic (exact) mass is 529 g/mol. The molecule has 3 aromatic rings. The SMILES string of the molecule is C[C@@H](C(=O)OC(C)(C)C)N(C)c1nc(NCc2cnn(Cc3ccc(F)cc3)c2)nc(C(=O)O)c1[N+](=O)[O-]. The van der Waals surface area contributed by atoms with Crippen LogP contribution in [0, 0.1) is 15.9 Å². The standard InChI is InChI=1S/C24H28FN7O6/c1-14(22(35)38-24(2,3)4)30(5)20-19(32(36)37)18(21(33)34)28-23(29-20)26-10-16-11-27-31(13-16)12-15-6-8-17(25)9-7-15/h6-9,11,13-14H,10,12H2,1-5H3,(H,33,34)(H,26,28,29)/t14-/m0/s1. The molecule has 0 aliphatic rings. The van der Waals surface area contributed by atoms with Gasteiger partial charge in [-0.25, -0.2) is 14.0 Å². The summed E-state index contributed by atoms with van der Waals surface area (Å²) in [6, 6.07) is 4.96. The summed E-state index contributed by atoms with van der Waals surface area (Å²) < 4.78 is 20.1. The molecule has 0 aliphatic carbocycles. The Morgan fingerprint density at radius 3 is 2.47 bits per heavy atom. The van der Waals surface area contributed by atoms with Gasteiger partial charge >= 0.3 is 17.6 Å². The first kappa shape index (κ1) is 28.0. The van der Waals surface area contributed by atoms with Gasteiger partial charge in [0.15, 0.2) is 0 Å². The molecule has 0 fully saturated rings. The number of nitro groups is 1. The fraction of sp³-hybridized carbons (Fsp3) is 0.375. The zero-order chi connectivity index (χ0) is 28.2. The third kappa shape index (κ3) is 6.99. The van der Waals surface area contributed by atoms with Crippen LogP contribution in [0.15, 0.2) is 36.7 Å². The topological polar surface area (TPSA) is 166 Å². The number of ether oxygens (including phenoxy) is 1. The van der Waals surface area contributed by atoms with Crippen LogP contribution in [-0.4, -0.2) is 60.4 Å². The Hall–Kier alpha value is -4.62. The summed E-state index contributed by atoms with van der Waals surface area (Å²) in [7, 11) is 1.37. The summed E-state index contributed by atoms with van der Waals surface area (Å²) in [5.41, 5.74) is -0.969. The molecular formula is C24H28FN7O6. The van der Waals surface area contributed by atoms with Crippen molar-refractivity contribution in [1.82, 2.24) is 19.7 Å². The zero-order valence-corrected chi connectivity index (χ0v) is 21.5. The van der Waals surface area contributed by atoms with E-state index in [2.05, 4.69) is 20.4 Å². The lowest BCUT2D eigenvalue weighted by Crippen LogP contribution is -2.41. The number of nitrogens with one attached hydrogen (secondary N) is 1. The van der Waals surface area contributed by atoms with E-state index in [0.717, 1.165) is 5.56 Å². The molecule has 0 spiro atoms. The lowest BCUT2D eigenvalue weighted by Gasteiger charge is -2.28. The molecule has 2 N–H and O–H groups in total. The minimum Gasteiger partial charge on any atom is -0.476 e. The third-order valence-electron chi connectivity index (χ3n) is 5.31. The van der Waals surface area contributed by atoms with Gasteiger partial charge < -0.3 is 20.1 Å². The van der Waals surface area contributed by atoms with Crippen LogP contribution < -0.4 is 10.2 Å². The van der Waals surface area contributed by atoms with E-state index in [1.54, 1.807) is 50.0 Å². The van der Waals surface area contributed by atoms with Gasteiger partial charge in [-0.2, -0.15) is 15.1 Å². The minimum atomic E-state index is -1.63. The lowest BCUT2D eigenvalue weighted by atomic mass is 10.2. The number of carboxylic acid groups (broad SMARTS) is 1. The van der Waals surface area contributed by atoms with Gasteiger partial charge in [-0.1, -0.05) is 12.1 Å². The molecule has 202 valence electrons. The van der Waals surface area contributed by atoms with Gasteiger partial charge in [0.1, 0.15) is 17.5 Å². The molecule has 14 heteroatoms. The van der Waals surface area contributed by atoms with E-state index < -0.39 is 39.9 Å². The van der Waals surface area contributed by atoms with E-state index in [-0.39, 0.29) is 24.1 Å². The number of rotatable bonds is 10. The van der Waals surface area contributed by atoms with Crippen LogP contribution in [0.3, 0.4) is 0 Å². The highest BCUT2D eigenvalue weighted by molar-refractivity contribution is 5.94. The van der Waals surface area contributed by atoms with Gasteiger partial charge in [0, 0.05) is 25.4 Å². The van der Waals surface area contributed by atoms with Crippen LogP contribution in [0.1, 0.15) is 49.3 Å². The number of nitrogens with zero attached hydrogens (tertiary/aromatic N) is 6. The molecular weight excluding hydrogens is 501 g/mol. The number of anilines is 2. The minimum absolute atomic E-state index is 0.116. The highest BCUT2D eigenvalue weighted by atomic mass is 19.1. The van der Waals surface area contributed by atoms with Crippen molar-refractivity contribution in [2.24, 2.45) is 0 Å². The highest BCUT2D eigenvalue weighted by Gasteiger charge is 2.35. The lowest BCUT2D eigenvalue weighted by molar-refractivity contribution is -0.384. The summed E-state index contributed by atoms with van der Waals surface area (Å²) in [4.78, 5) is 44.5. The van der Waals surface area contributed by atoms with Crippen LogP contribution in [0.5, 0.6) is 0 Å². The maximum absolute atomic E-state index is 13.1. The molecule has 13 nitrogen and oxygen atoms in total. The van der Waals surface area contributed by atoms with Crippen molar-refractivity contribution in [2.75, 3.05) is 17.3 Å². The second-order valence-corrected chi connectivity index (χ2v) is 9.48. The number of aromatic nitrogens is 4. The van der Waals surface area contributed by atoms with Gasteiger partial charge in [0.2, 0.25) is 17.5 Å². The number of halogens is 1. The first-order chi connectivity index (χ1) is 17.7. The van der Waals surface area contributed by atoms with Crippen LogP contribution in [0.4, 0.5) is 21.8 Å². The Kier molecular flexibility index (Phi) is 8.23. The fourth-order valence-electron chi connectivity index (χ4n) is 3.36. The molecule has 0 radical (unpaired) electrons. The summed E-state index contributed by atoms with van der Waals surface area (Å²) in [6.45, 7) is 7.01. The molecule has 0 aliphatic heterocycles. The molecule has 0 amide bonds. The van der Waals surface area contributed by atoms with Crippen LogP contribution in [0.25, 0.3) is 0 Å². The summed E-state index contributed by atoms with van der Waals surface area (Å²) in [6.07, 6.45) is 3.29. The number of carbonyl (C=O) groups is 2. The molecule has 0 saturated heterocycles. The zero-order valence-electron chi connectivity index (χ0n) is 21.5. The quantitative estimate of drug-likeness (QED) is 0.225. The summed E-state index contributed by atoms with van der Waals surface area (Å²) in [5.74, 6) is -3.21. The Labute approximate surface area is 217 Å². The Balaban J connectivity index is 1.86. The van der Waals surface area contributed by atoms with E-state index in [1.807, 2.05) is 0 Å². The fourth-order valence-corrected chi connectivity index (χ4v) is 3.36. The number of carboxylic acids is 1. The largest absolute Gasteiger partial charge is 0.476 e. The first-order valence-corrected chi connectivity index (χ1v) is 11.5. The van der Waals surface area contributed by atoms with Gasteiger partial charge in [0.25, 0.3) is 0 Å². The van der Waals surface area contributed by atoms with E-state index in [4.69, 9.17) is 4.74 Å². The van der Waals surface area contributed by atoms with Gasteiger partial charge in [-0.15, -0.1) is 0 Å². The predicted octanol–water partition coefficient (Wildman–Crippen LogP) is 3.25. The summed E-state index contributed by atoms with van der Waals surface area (Å²) >= 11 is 0. The molecule has 0 unspecified atom stereocenters. The van der Waals surface area contributed by atoms with Gasteiger partial charge in [-0.3, -0.25) is 14.8 Å². The maximum Gasteiger partial charge on any atom is 0.362 e. The number of likely N-dealkylation sites (N-methyl/N-ethyl adjacent to an activating group) is 1. The highest BCUT2D eigenvalue weighted by Crippen LogP contribution is 2.31. The molecule has 2 aromatic heterocycles. The molecule has 2 heterocycles. The van der Waals surface area contributed by atoms with E-state index in [9.17, 15) is 29.2 Å². The van der Waals surface area contributed by atoms with E-state index in [0.29, 0.717) is 12.1 Å². The average Bonchev–Trinajstić information content (AvgIpc) is 3.28. The second kappa shape index (κ2) is 11.2. The molecule has 1 aromatic carbocycles. The predicted molar refractivity (Wildman–Crippen MR) is 134 cm³/mol. The van der Waals surface area contributed by atoms with Crippen molar-refractivity contribution in [3.05, 3.63) is 69.4 Å². The smallest absolute Gasteiger partial charge is 0.362 e. The van der Waals surface area contributed by atoms with Crippen molar-refractivity contribution >= 4 is 29.4 Å². The van der Waals surface area contributed by atoms with Crippen molar-refractivity contribution in [3.8, 4) is 0 Å². The van der Waals surface area contributed by atoms with Crippen LogP contribution >= 0.6 is 0 Å². The number of benzene rings is 1. The Morgan fingerprint density at radius 1 is 1.24 bits per heavy atom. The normalized spacial score (nSPS) is 12.1. The summed E-state index contributed by atoms with van der Waals surface area (Å²) in [5, 5.41) is 28.5. The number of hydrogen-bond acceptors (Lipinski definition) is 10. The van der Waals surface area contributed by atoms with Gasteiger partial charge in [-0.05, 0) is 45.4 Å². The average molecular weight is 530 g/mol. The van der Waals surface area contributed by atoms with Crippen molar-refractivity contribution < 1.29 is 28.7 Å². The molecule has 3 rings (SSSR count). The number of hydrogen-bond donors (Lipinski definition) is 2. The Morgan fingerprint density at radius 2 is 1.89 bits per heavy atom. The molecule has 1 atom stereocenters. The van der Waals surface area contributed by atoms with Crippen molar-refractivity contribution in [3.63, 3.8) is 0 Å². The third-order valence-corrected chi connectivity index (χ3v) is 5.31.